The van der Waals surface area contributed by atoms with Crippen LogP contribution in [0.15, 0.2) is 133 Å². The molecule has 0 saturated heterocycles. The van der Waals surface area contributed by atoms with Crippen LogP contribution in [0.25, 0.3) is 95.3 Å². The first kappa shape index (κ1) is 26.8. The van der Waals surface area contributed by atoms with Gasteiger partial charge >= 0.3 is 0 Å². The number of thiazole rings is 1. The molecular formula is C40H22N4S3. The summed E-state index contributed by atoms with van der Waals surface area (Å²) in [6.45, 7) is 0. The summed E-state index contributed by atoms with van der Waals surface area (Å²) in [5.74, 6) is 2.01. The van der Waals surface area contributed by atoms with Crippen LogP contribution < -0.4 is 0 Å². The zero-order chi connectivity index (χ0) is 30.9. The van der Waals surface area contributed by atoms with E-state index in [-0.39, 0.29) is 0 Å². The van der Waals surface area contributed by atoms with Crippen molar-refractivity contribution in [2.45, 2.75) is 0 Å². The number of nitrogens with zero attached hydrogens (tertiary/aromatic N) is 4. The highest BCUT2D eigenvalue weighted by atomic mass is 32.1. The molecule has 4 nitrogen and oxygen atoms in total. The third-order valence-corrected chi connectivity index (χ3v) is 12.0. The molecule has 0 aliphatic heterocycles. The largest absolute Gasteiger partial charge is 0.236 e. The van der Waals surface area contributed by atoms with E-state index in [1.165, 1.54) is 39.7 Å². The summed E-state index contributed by atoms with van der Waals surface area (Å²) in [6.07, 6.45) is 0. The third kappa shape index (κ3) is 4.39. The van der Waals surface area contributed by atoms with Crippen LogP contribution in [0.1, 0.15) is 0 Å². The molecule has 0 fully saturated rings. The fourth-order valence-electron chi connectivity index (χ4n) is 6.40. The lowest BCUT2D eigenvalue weighted by Crippen LogP contribution is -2.00. The van der Waals surface area contributed by atoms with E-state index >= 15 is 0 Å². The molecule has 0 atom stereocenters. The van der Waals surface area contributed by atoms with Crippen molar-refractivity contribution in [1.82, 2.24) is 19.9 Å². The molecule has 4 heterocycles. The van der Waals surface area contributed by atoms with Crippen molar-refractivity contribution < 1.29 is 0 Å². The molecule has 0 unspecified atom stereocenters. The molecule has 47 heavy (non-hydrogen) atoms. The predicted octanol–water partition coefficient (Wildman–Crippen LogP) is 11.9. The van der Waals surface area contributed by atoms with Gasteiger partial charge in [0.15, 0.2) is 17.5 Å². The minimum atomic E-state index is 0.662. The van der Waals surface area contributed by atoms with E-state index in [4.69, 9.17) is 19.9 Å². The maximum absolute atomic E-state index is 5.24. The van der Waals surface area contributed by atoms with Gasteiger partial charge in [0.2, 0.25) is 0 Å². The zero-order valence-electron chi connectivity index (χ0n) is 24.7. The van der Waals surface area contributed by atoms with Crippen LogP contribution in [0.4, 0.5) is 0 Å². The van der Waals surface area contributed by atoms with E-state index < -0.39 is 0 Å². The van der Waals surface area contributed by atoms with Crippen molar-refractivity contribution in [2.75, 3.05) is 0 Å². The second kappa shape index (κ2) is 10.6. The molecule has 220 valence electrons. The van der Waals surface area contributed by atoms with Gasteiger partial charge in [-0.05, 0) is 42.5 Å². The molecule has 0 aliphatic carbocycles. The Hall–Kier alpha value is -5.34. The summed E-state index contributed by atoms with van der Waals surface area (Å²) in [6, 6.07) is 46.7. The molecule has 0 bridgehead atoms. The van der Waals surface area contributed by atoms with Crippen LogP contribution in [0.2, 0.25) is 0 Å². The van der Waals surface area contributed by atoms with Crippen LogP contribution >= 0.6 is 34.0 Å². The molecule has 10 rings (SSSR count). The first-order chi connectivity index (χ1) is 23.3. The predicted molar refractivity (Wildman–Crippen MR) is 201 cm³/mol. The molecule has 0 spiro atoms. The number of para-hydroxylation sites is 1. The second-order valence-electron chi connectivity index (χ2n) is 11.4. The summed E-state index contributed by atoms with van der Waals surface area (Å²) < 4.78 is 6.06. The molecule has 0 N–H and O–H groups in total. The standard InChI is InChI=1S/C40H22N4S3/c1-2-10-23(11-3-1)37-42-38(44-39(43-37)28-15-8-13-26-25-12-4-6-17-31(25)46-36(26)28)27-14-9-19-34-35(27)29-22-24(20-21-32(29)45-34)40-41-30-16-5-7-18-33(30)47-40/h1-22H. The zero-order valence-corrected chi connectivity index (χ0v) is 27.2. The molecular weight excluding hydrogens is 633 g/mol. The molecule has 10 aromatic rings. The van der Waals surface area contributed by atoms with Crippen molar-refractivity contribution in [3.05, 3.63) is 133 Å². The normalized spacial score (nSPS) is 11.8. The third-order valence-electron chi connectivity index (χ3n) is 8.59. The summed E-state index contributed by atoms with van der Waals surface area (Å²) >= 11 is 5.32. The lowest BCUT2D eigenvalue weighted by Gasteiger charge is -2.10. The summed E-state index contributed by atoms with van der Waals surface area (Å²) in [5, 5.41) is 5.85. The minimum absolute atomic E-state index is 0.662. The molecule has 4 aromatic heterocycles. The number of hydrogen-bond acceptors (Lipinski definition) is 7. The first-order valence-corrected chi connectivity index (χ1v) is 17.8. The number of aromatic nitrogens is 4. The SMILES string of the molecule is c1ccc(-c2nc(-c3cccc4c3sc3ccccc34)nc(-c3cccc4sc5ccc(-c6nc7ccccc7s6)cc5c34)n2)cc1. The maximum atomic E-state index is 5.24. The van der Waals surface area contributed by atoms with Crippen molar-refractivity contribution in [3.63, 3.8) is 0 Å². The van der Waals surface area contributed by atoms with Crippen LogP contribution in [0, 0.1) is 0 Å². The van der Waals surface area contributed by atoms with Crippen LogP contribution in [-0.4, -0.2) is 19.9 Å². The Morgan fingerprint density at radius 2 is 1.06 bits per heavy atom. The van der Waals surface area contributed by atoms with Gasteiger partial charge in [-0.15, -0.1) is 34.0 Å². The van der Waals surface area contributed by atoms with E-state index in [1.807, 2.05) is 24.3 Å². The monoisotopic (exact) mass is 654 g/mol. The lowest BCUT2D eigenvalue weighted by atomic mass is 10.0. The lowest BCUT2D eigenvalue weighted by molar-refractivity contribution is 1.08. The van der Waals surface area contributed by atoms with Crippen molar-refractivity contribution >= 4 is 84.6 Å². The van der Waals surface area contributed by atoms with Gasteiger partial charge < -0.3 is 0 Å². The molecule has 0 amide bonds. The average molecular weight is 655 g/mol. The van der Waals surface area contributed by atoms with Gasteiger partial charge in [-0.2, -0.15) is 0 Å². The van der Waals surface area contributed by atoms with Gasteiger partial charge in [0.25, 0.3) is 0 Å². The van der Waals surface area contributed by atoms with Crippen LogP contribution in [-0.2, 0) is 0 Å². The fraction of sp³-hybridized carbons (Fsp3) is 0. The number of fused-ring (bicyclic) bond motifs is 7. The summed E-state index contributed by atoms with van der Waals surface area (Å²) in [7, 11) is 0. The number of hydrogen-bond donors (Lipinski definition) is 0. The Morgan fingerprint density at radius 3 is 1.96 bits per heavy atom. The first-order valence-electron chi connectivity index (χ1n) is 15.3. The van der Waals surface area contributed by atoms with E-state index in [0.29, 0.717) is 17.5 Å². The highest BCUT2D eigenvalue weighted by Gasteiger charge is 2.19. The van der Waals surface area contributed by atoms with Crippen molar-refractivity contribution in [1.29, 1.82) is 0 Å². The average Bonchev–Trinajstić information content (AvgIpc) is 3.85. The molecule has 0 radical (unpaired) electrons. The molecule has 0 aliphatic rings. The smallest absolute Gasteiger partial charge is 0.165 e. The fourth-order valence-corrected chi connectivity index (χ4v) is 9.68. The van der Waals surface area contributed by atoms with E-state index in [9.17, 15) is 0 Å². The number of rotatable bonds is 4. The minimum Gasteiger partial charge on any atom is -0.236 e. The Balaban J connectivity index is 1.22. The second-order valence-corrected chi connectivity index (χ2v) is 14.6. The topological polar surface area (TPSA) is 51.6 Å². The van der Waals surface area contributed by atoms with Crippen LogP contribution in [0.3, 0.4) is 0 Å². The Bertz CT molecular complexity index is 2780. The Morgan fingerprint density at radius 1 is 0.383 bits per heavy atom. The van der Waals surface area contributed by atoms with E-state index in [1.54, 1.807) is 34.0 Å². The van der Waals surface area contributed by atoms with Gasteiger partial charge in [-0.3, -0.25) is 0 Å². The number of benzene rings is 6. The van der Waals surface area contributed by atoms with Gasteiger partial charge in [0.1, 0.15) is 5.01 Å². The van der Waals surface area contributed by atoms with E-state index in [0.717, 1.165) is 38.2 Å². The van der Waals surface area contributed by atoms with Gasteiger partial charge in [-0.1, -0.05) is 91.0 Å². The molecule has 6 aromatic carbocycles. The maximum Gasteiger partial charge on any atom is 0.165 e. The number of thiophene rings is 2. The Labute approximate surface area is 281 Å². The van der Waals surface area contributed by atoms with E-state index in [2.05, 4.69) is 109 Å². The van der Waals surface area contributed by atoms with Gasteiger partial charge in [-0.25, -0.2) is 19.9 Å². The Kier molecular flexibility index (Phi) is 6.05. The summed E-state index contributed by atoms with van der Waals surface area (Å²) in [4.78, 5) is 20.4. The quantitative estimate of drug-likeness (QED) is 0.189. The summed E-state index contributed by atoms with van der Waals surface area (Å²) in [5.41, 5.74) is 5.13. The van der Waals surface area contributed by atoms with Crippen molar-refractivity contribution in [3.8, 4) is 44.7 Å². The highest BCUT2D eigenvalue weighted by Crippen LogP contribution is 2.43. The van der Waals surface area contributed by atoms with Crippen LogP contribution in [0.5, 0.6) is 0 Å². The highest BCUT2D eigenvalue weighted by molar-refractivity contribution is 7.26. The van der Waals surface area contributed by atoms with Gasteiger partial charge in [0.05, 0.1) is 10.2 Å². The molecule has 0 saturated carbocycles. The molecule has 7 heteroatoms. The van der Waals surface area contributed by atoms with Crippen molar-refractivity contribution in [2.24, 2.45) is 0 Å². The van der Waals surface area contributed by atoms with Gasteiger partial charge in [0, 0.05) is 62.6 Å².